The number of anilines is 1. The second-order valence-electron chi connectivity index (χ2n) is 7.43. The van der Waals surface area contributed by atoms with Crippen LogP contribution in [0.25, 0.3) is 0 Å². The lowest BCUT2D eigenvalue weighted by Crippen LogP contribution is -2.30. The number of nitrogens with one attached hydrogen (secondary N) is 1. The Bertz CT molecular complexity index is 1130. The van der Waals surface area contributed by atoms with E-state index in [9.17, 15) is 12.8 Å². The molecule has 5 nitrogen and oxygen atoms in total. The van der Waals surface area contributed by atoms with Gasteiger partial charge in [-0.05, 0) is 59.5 Å². The van der Waals surface area contributed by atoms with Crippen molar-refractivity contribution in [3.05, 3.63) is 62.7 Å². The normalized spacial score (nSPS) is 19.9. The molecule has 160 valence electrons. The summed E-state index contributed by atoms with van der Waals surface area (Å²) >= 11 is 1.99. The number of ether oxygens (including phenoxy) is 2. The SMILES string of the molecule is COc1cc2c(c(Cc3ccc(I)cc3F)c1F)NS(=O)(=O)C1(C/C=C/CO2)CC1. The van der Waals surface area contributed by atoms with Crippen molar-refractivity contribution in [2.45, 2.75) is 30.4 Å². The van der Waals surface area contributed by atoms with E-state index in [-0.39, 0.29) is 41.3 Å². The molecule has 1 N–H and O–H groups in total. The molecule has 0 atom stereocenters. The first-order valence-corrected chi connectivity index (χ1v) is 12.0. The van der Waals surface area contributed by atoms with Crippen LogP contribution >= 0.6 is 22.6 Å². The maximum atomic E-state index is 15.3. The average molecular weight is 547 g/mol. The van der Waals surface area contributed by atoms with Gasteiger partial charge < -0.3 is 9.47 Å². The molecular weight excluding hydrogens is 527 g/mol. The summed E-state index contributed by atoms with van der Waals surface area (Å²) in [4.78, 5) is 0. The zero-order valence-electron chi connectivity index (χ0n) is 16.2. The van der Waals surface area contributed by atoms with Gasteiger partial charge in [-0.15, -0.1) is 0 Å². The van der Waals surface area contributed by atoms with Crippen molar-refractivity contribution >= 4 is 38.3 Å². The molecule has 0 saturated heterocycles. The molecule has 0 radical (unpaired) electrons. The van der Waals surface area contributed by atoms with E-state index in [1.807, 2.05) is 22.6 Å². The van der Waals surface area contributed by atoms with Crippen LogP contribution in [0.1, 0.15) is 30.4 Å². The number of fused-ring (bicyclic) bond motifs is 1. The zero-order valence-corrected chi connectivity index (χ0v) is 19.1. The second kappa shape index (κ2) is 7.99. The summed E-state index contributed by atoms with van der Waals surface area (Å²) < 4.78 is 69.2. The maximum Gasteiger partial charge on any atom is 0.238 e. The van der Waals surface area contributed by atoms with E-state index in [0.29, 0.717) is 22.8 Å². The number of benzene rings is 2. The van der Waals surface area contributed by atoms with Crippen LogP contribution in [-0.2, 0) is 16.4 Å². The number of hydrogen-bond donors (Lipinski definition) is 1. The molecule has 1 fully saturated rings. The molecule has 2 aliphatic rings. The molecule has 1 spiro atoms. The molecule has 1 saturated carbocycles. The van der Waals surface area contributed by atoms with E-state index in [2.05, 4.69) is 4.72 Å². The van der Waals surface area contributed by atoms with Gasteiger partial charge in [0.25, 0.3) is 0 Å². The van der Waals surface area contributed by atoms with E-state index >= 15 is 4.39 Å². The van der Waals surface area contributed by atoms with Gasteiger partial charge in [0.05, 0.1) is 17.5 Å². The predicted molar refractivity (Wildman–Crippen MR) is 119 cm³/mol. The van der Waals surface area contributed by atoms with E-state index in [1.165, 1.54) is 19.2 Å². The van der Waals surface area contributed by atoms with Crippen molar-refractivity contribution in [3.63, 3.8) is 0 Å². The molecule has 2 aromatic carbocycles. The minimum atomic E-state index is -3.81. The molecule has 0 amide bonds. The highest BCUT2D eigenvalue weighted by Gasteiger charge is 2.54. The van der Waals surface area contributed by atoms with Gasteiger partial charge in [-0.2, -0.15) is 0 Å². The summed E-state index contributed by atoms with van der Waals surface area (Å²) in [7, 11) is -2.51. The van der Waals surface area contributed by atoms with Gasteiger partial charge in [0.1, 0.15) is 18.2 Å². The molecule has 0 aromatic heterocycles. The Labute approximate surface area is 187 Å². The summed E-state index contributed by atoms with van der Waals surface area (Å²) in [5, 5.41) is 0. The van der Waals surface area contributed by atoms with Crippen molar-refractivity contribution in [3.8, 4) is 11.5 Å². The van der Waals surface area contributed by atoms with Gasteiger partial charge in [-0.1, -0.05) is 18.2 Å². The van der Waals surface area contributed by atoms with Crippen LogP contribution in [0.15, 0.2) is 36.4 Å². The summed E-state index contributed by atoms with van der Waals surface area (Å²) in [5.74, 6) is -1.21. The molecule has 0 unspecified atom stereocenters. The number of halogens is 3. The quantitative estimate of drug-likeness (QED) is 0.444. The monoisotopic (exact) mass is 547 g/mol. The highest BCUT2D eigenvalue weighted by molar-refractivity contribution is 14.1. The van der Waals surface area contributed by atoms with E-state index < -0.39 is 26.4 Å². The Hall–Kier alpha value is -1.88. The third-order valence-electron chi connectivity index (χ3n) is 5.50. The third kappa shape index (κ3) is 3.89. The molecule has 9 heteroatoms. The van der Waals surface area contributed by atoms with Crippen LogP contribution in [0.5, 0.6) is 11.5 Å². The number of methoxy groups -OCH3 is 1. The molecule has 1 aliphatic heterocycles. The fourth-order valence-electron chi connectivity index (χ4n) is 3.53. The molecular formula is C21H20F2INO4S. The number of hydrogen-bond acceptors (Lipinski definition) is 4. The first-order valence-electron chi connectivity index (χ1n) is 9.40. The lowest BCUT2D eigenvalue weighted by Gasteiger charge is -2.23. The zero-order chi connectivity index (χ0) is 21.5. The van der Waals surface area contributed by atoms with E-state index in [1.54, 1.807) is 24.3 Å². The molecule has 1 heterocycles. The molecule has 1 aliphatic carbocycles. The van der Waals surface area contributed by atoms with Crippen molar-refractivity contribution in [2.24, 2.45) is 0 Å². The van der Waals surface area contributed by atoms with Crippen molar-refractivity contribution in [1.29, 1.82) is 0 Å². The Kier molecular flexibility index (Phi) is 5.69. The fourth-order valence-corrected chi connectivity index (χ4v) is 5.64. The first kappa shape index (κ1) is 21.4. The predicted octanol–water partition coefficient (Wildman–Crippen LogP) is 4.78. The Morgan fingerprint density at radius 3 is 2.67 bits per heavy atom. The Morgan fingerprint density at radius 2 is 2.00 bits per heavy atom. The first-order chi connectivity index (χ1) is 14.3. The van der Waals surface area contributed by atoms with Crippen molar-refractivity contribution < 1.29 is 26.7 Å². The Morgan fingerprint density at radius 1 is 1.23 bits per heavy atom. The number of sulfonamides is 1. The lowest BCUT2D eigenvalue weighted by molar-refractivity contribution is 0.350. The minimum Gasteiger partial charge on any atom is -0.494 e. The van der Waals surface area contributed by atoms with Crippen molar-refractivity contribution in [2.75, 3.05) is 18.4 Å². The standard InChI is InChI=1S/C21H20F2INO4S/c1-28-17-12-18-20(15(19(17)23)10-13-4-5-14(24)11-16(13)22)25-30(26,27)21(7-8-21)6-2-3-9-29-18/h2-5,11-12,25H,6-10H2,1H3/b3-2+. The van der Waals surface area contributed by atoms with Crippen LogP contribution in [0, 0.1) is 15.2 Å². The average Bonchev–Trinajstić information content (AvgIpc) is 3.48. The van der Waals surface area contributed by atoms with Gasteiger partial charge in [0.15, 0.2) is 11.6 Å². The number of allylic oxidation sites excluding steroid dienone is 1. The van der Waals surface area contributed by atoms with Gasteiger partial charge in [-0.3, -0.25) is 4.72 Å². The molecule has 0 bridgehead atoms. The van der Waals surface area contributed by atoms with Crippen LogP contribution in [0.2, 0.25) is 0 Å². The van der Waals surface area contributed by atoms with Crippen molar-refractivity contribution in [1.82, 2.24) is 0 Å². The smallest absolute Gasteiger partial charge is 0.238 e. The maximum absolute atomic E-state index is 15.3. The van der Waals surface area contributed by atoms with E-state index in [4.69, 9.17) is 9.47 Å². The highest BCUT2D eigenvalue weighted by atomic mass is 127. The van der Waals surface area contributed by atoms with Crippen LogP contribution < -0.4 is 14.2 Å². The molecule has 4 rings (SSSR count). The molecule has 30 heavy (non-hydrogen) atoms. The molecule has 2 aromatic rings. The van der Waals surface area contributed by atoms with Gasteiger partial charge in [0.2, 0.25) is 10.0 Å². The van der Waals surface area contributed by atoms with Crippen LogP contribution in [0.3, 0.4) is 0 Å². The highest BCUT2D eigenvalue weighted by Crippen LogP contribution is 2.49. The van der Waals surface area contributed by atoms with Crippen LogP contribution in [0.4, 0.5) is 14.5 Å². The fraction of sp³-hybridized carbons (Fsp3) is 0.333. The lowest BCUT2D eigenvalue weighted by atomic mass is 10.0. The summed E-state index contributed by atoms with van der Waals surface area (Å²) in [5.41, 5.74) is 0.211. The topological polar surface area (TPSA) is 64.6 Å². The largest absolute Gasteiger partial charge is 0.494 e. The van der Waals surface area contributed by atoms with Gasteiger partial charge in [0, 0.05) is 21.6 Å². The second-order valence-corrected chi connectivity index (χ2v) is 10.8. The van der Waals surface area contributed by atoms with Gasteiger partial charge >= 0.3 is 0 Å². The third-order valence-corrected chi connectivity index (χ3v) is 8.36. The summed E-state index contributed by atoms with van der Waals surface area (Å²) in [6.07, 6.45) is 4.80. The summed E-state index contributed by atoms with van der Waals surface area (Å²) in [6.45, 7) is 0.191. The minimum absolute atomic E-state index is 0.00664. The van der Waals surface area contributed by atoms with Gasteiger partial charge in [-0.25, -0.2) is 17.2 Å². The number of rotatable bonds is 3. The van der Waals surface area contributed by atoms with E-state index in [0.717, 1.165) is 0 Å². The Balaban J connectivity index is 1.88. The van der Waals surface area contributed by atoms with Crippen LogP contribution in [-0.4, -0.2) is 26.9 Å². The summed E-state index contributed by atoms with van der Waals surface area (Å²) in [6, 6.07) is 5.93.